The Bertz CT molecular complexity index is 2220. The number of fused-ring (bicyclic) bond motifs is 1. The van der Waals surface area contributed by atoms with E-state index < -0.39 is 11.8 Å². The molecule has 1 unspecified atom stereocenters. The predicted molar refractivity (Wildman–Crippen MR) is 210 cm³/mol. The van der Waals surface area contributed by atoms with Gasteiger partial charge < -0.3 is 30.1 Å². The van der Waals surface area contributed by atoms with Gasteiger partial charge in [-0.05, 0) is 59.9 Å². The van der Waals surface area contributed by atoms with E-state index in [1.165, 1.54) is 13.2 Å². The lowest BCUT2D eigenvalue weighted by molar-refractivity contribution is -0.137. The zero-order valence-corrected chi connectivity index (χ0v) is 31.9. The average Bonchev–Trinajstić information content (AvgIpc) is 3.77. The van der Waals surface area contributed by atoms with Crippen molar-refractivity contribution in [3.63, 3.8) is 0 Å². The van der Waals surface area contributed by atoms with Gasteiger partial charge in [-0.2, -0.15) is 5.10 Å². The molecule has 1 aromatic heterocycles. The number of aliphatic carboxylic acids is 1. The van der Waals surface area contributed by atoms with Crippen LogP contribution in [0, 0.1) is 5.82 Å². The fourth-order valence-electron chi connectivity index (χ4n) is 6.79. The van der Waals surface area contributed by atoms with Crippen molar-refractivity contribution in [1.29, 1.82) is 0 Å². The molecule has 3 N–H and O–H groups in total. The van der Waals surface area contributed by atoms with Crippen molar-refractivity contribution >= 4 is 46.0 Å². The number of carbonyl (C=O) groups excluding carboxylic acids is 1. The minimum atomic E-state index is -0.873. The number of nitrogens with one attached hydrogen (secondary N) is 2. The third-order valence-corrected chi connectivity index (χ3v) is 10.5. The van der Waals surface area contributed by atoms with Crippen LogP contribution in [0.5, 0.6) is 11.5 Å². The first-order chi connectivity index (χ1) is 26.0. The first-order valence-electron chi connectivity index (χ1n) is 17.5. The molecule has 0 spiro atoms. The number of hydrogen-bond acceptors (Lipinski definition) is 7. The summed E-state index contributed by atoms with van der Waals surface area (Å²) in [5.41, 5.74) is 6.47. The highest BCUT2D eigenvalue weighted by Gasteiger charge is 2.22. The zero-order valence-electron chi connectivity index (χ0n) is 30.3. The number of benzene rings is 4. The lowest BCUT2D eigenvalue weighted by Crippen LogP contribution is -2.35. The molecule has 282 valence electrons. The molecule has 4 aromatic carbocycles. The fourth-order valence-corrected chi connectivity index (χ4v) is 7.37. The Morgan fingerprint density at radius 2 is 1.80 bits per heavy atom. The number of carboxylic acid groups (broad SMARTS) is 1. The number of methoxy groups -OCH3 is 2. The van der Waals surface area contributed by atoms with E-state index in [0.717, 1.165) is 39.6 Å². The lowest BCUT2D eigenvalue weighted by atomic mass is 9.96. The molecule has 1 aliphatic heterocycles. The van der Waals surface area contributed by atoms with Crippen molar-refractivity contribution < 1.29 is 28.6 Å². The van der Waals surface area contributed by atoms with Gasteiger partial charge in [0.1, 0.15) is 17.3 Å². The third kappa shape index (κ3) is 8.49. The Balaban J connectivity index is 1.24. The normalized spacial score (nSPS) is 14.0. The molecule has 10 nitrogen and oxygen atoms in total. The van der Waals surface area contributed by atoms with Crippen molar-refractivity contribution in [3.8, 4) is 33.8 Å². The van der Waals surface area contributed by atoms with Crippen LogP contribution < -0.4 is 20.1 Å². The molecule has 0 saturated carbocycles. The second-order valence-corrected chi connectivity index (χ2v) is 14.1. The van der Waals surface area contributed by atoms with Crippen LogP contribution in [0.25, 0.3) is 33.2 Å². The van der Waals surface area contributed by atoms with Crippen LogP contribution >= 0.6 is 23.2 Å². The van der Waals surface area contributed by atoms with E-state index in [1.807, 2.05) is 65.2 Å². The quantitative estimate of drug-likeness (QED) is 0.0923. The minimum Gasteiger partial charge on any atom is -0.496 e. The highest BCUT2D eigenvalue weighted by molar-refractivity contribution is 6.36. The molecule has 6 rings (SSSR count). The molecule has 0 bridgehead atoms. The SMILES string of the molecule is C=C(CCC(=O)O)N(C)Cc1cc(Cl)c(Cn2ncc3c(-c4cccc(-c5cc(F)c(CNCC6CCC(=O)N6)c(OC)c5)c4Cl)cccc32)cc1OC. The molecule has 1 aliphatic rings. The van der Waals surface area contributed by atoms with Gasteiger partial charge in [0.05, 0.1) is 43.9 Å². The monoisotopic (exact) mass is 773 g/mol. The standard InChI is InChI=1S/C41H42Cl2FN5O5/c1-24(11-14-40(51)52)48(2)22-27-15-34(42)26(18-37(27)53-3)23-49-36-10-6-8-30(32(36)21-46-49)31-9-5-7-29(41(31)43)25-16-35(44)33(38(17-25)54-4)20-45-19-28-12-13-39(50)47-28/h5-10,15-18,21,28,45H,1,11-14,19-20,22-23H2,2-4H3,(H,47,50)(H,51,52). The van der Waals surface area contributed by atoms with Gasteiger partial charge >= 0.3 is 5.97 Å². The summed E-state index contributed by atoms with van der Waals surface area (Å²) in [6.07, 6.45) is 3.40. The van der Waals surface area contributed by atoms with Gasteiger partial charge in [-0.3, -0.25) is 14.3 Å². The summed E-state index contributed by atoms with van der Waals surface area (Å²) in [5, 5.41) is 21.8. The Kier molecular flexibility index (Phi) is 12.1. The molecule has 13 heteroatoms. The maximum Gasteiger partial charge on any atom is 0.303 e. The van der Waals surface area contributed by atoms with Crippen LogP contribution in [-0.2, 0) is 29.2 Å². The van der Waals surface area contributed by atoms with Crippen molar-refractivity contribution in [2.45, 2.75) is 51.4 Å². The van der Waals surface area contributed by atoms with Crippen LogP contribution in [0.3, 0.4) is 0 Å². The second kappa shape index (κ2) is 16.9. The summed E-state index contributed by atoms with van der Waals surface area (Å²) >= 11 is 14.0. The predicted octanol–water partition coefficient (Wildman–Crippen LogP) is 8.06. The Morgan fingerprint density at radius 1 is 1.06 bits per heavy atom. The highest BCUT2D eigenvalue weighted by Crippen LogP contribution is 2.41. The number of nitrogens with zero attached hydrogens (tertiary/aromatic N) is 3. The van der Waals surface area contributed by atoms with Gasteiger partial charge in [-0.1, -0.05) is 60.1 Å². The van der Waals surface area contributed by atoms with E-state index >= 15 is 4.39 Å². The highest BCUT2D eigenvalue weighted by atomic mass is 35.5. The van der Waals surface area contributed by atoms with E-state index in [4.69, 9.17) is 42.9 Å². The lowest BCUT2D eigenvalue weighted by Gasteiger charge is -2.23. The van der Waals surface area contributed by atoms with Crippen LogP contribution in [0.1, 0.15) is 42.4 Å². The maximum absolute atomic E-state index is 15.6. The number of hydrogen-bond donors (Lipinski definition) is 3. The van der Waals surface area contributed by atoms with E-state index in [2.05, 4.69) is 17.2 Å². The Hall–Kier alpha value is -5.10. The van der Waals surface area contributed by atoms with Gasteiger partial charge in [-0.15, -0.1) is 0 Å². The Labute approximate surface area is 323 Å². The smallest absolute Gasteiger partial charge is 0.303 e. The summed E-state index contributed by atoms with van der Waals surface area (Å²) in [6.45, 7) is 5.61. The molecule has 1 amide bonds. The number of ether oxygens (including phenoxy) is 2. The third-order valence-electron chi connectivity index (χ3n) is 9.78. The van der Waals surface area contributed by atoms with E-state index in [0.29, 0.717) is 76.4 Å². The fraction of sp³-hybridized carbons (Fsp3) is 0.293. The molecule has 1 atom stereocenters. The first-order valence-corrected chi connectivity index (χ1v) is 18.3. The van der Waals surface area contributed by atoms with Crippen LogP contribution in [0.2, 0.25) is 10.0 Å². The van der Waals surface area contributed by atoms with E-state index in [-0.39, 0.29) is 24.9 Å². The first kappa shape index (κ1) is 38.6. The van der Waals surface area contributed by atoms with Crippen molar-refractivity contribution in [3.05, 3.63) is 112 Å². The number of carboxylic acids is 1. The molecule has 5 aromatic rings. The molecule has 2 heterocycles. The molecule has 1 fully saturated rings. The van der Waals surface area contributed by atoms with Crippen LogP contribution in [0.15, 0.2) is 79.1 Å². The zero-order chi connectivity index (χ0) is 38.5. The van der Waals surface area contributed by atoms with E-state index in [9.17, 15) is 9.59 Å². The number of rotatable bonds is 16. The molecule has 0 aliphatic carbocycles. The van der Waals surface area contributed by atoms with Crippen LogP contribution in [-0.4, -0.2) is 65.5 Å². The number of allylic oxidation sites excluding steroid dienone is 1. The van der Waals surface area contributed by atoms with Crippen molar-refractivity contribution in [1.82, 2.24) is 25.3 Å². The van der Waals surface area contributed by atoms with Gasteiger partial charge in [-0.25, -0.2) is 4.39 Å². The molecule has 0 radical (unpaired) electrons. The van der Waals surface area contributed by atoms with Gasteiger partial charge in [0.15, 0.2) is 0 Å². The van der Waals surface area contributed by atoms with Crippen molar-refractivity contribution in [2.75, 3.05) is 27.8 Å². The second-order valence-electron chi connectivity index (χ2n) is 13.4. The summed E-state index contributed by atoms with van der Waals surface area (Å²) in [4.78, 5) is 24.4. The summed E-state index contributed by atoms with van der Waals surface area (Å²) in [7, 11) is 4.96. The van der Waals surface area contributed by atoms with Gasteiger partial charge in [0.2, 0.25) is 5.91 Å². The number of carbonyl (C=O) groups is 2. The number of halogens is 3. The number of amides is 1. The molecular weight excluding hydrogens is 732 g/mol. The molecule has 1 saturated heterocycles. The average molecular weight is 775 g/mol. The molecular formula is C41H42Cl2FN5O5. The maximum atomic E-state index is 15.6. The summed E-state index contributed by atoms with van der Waals surface area (Å²) in [6, 6.07) is 18.6. The van der Waals surface area contributed by atoms with E-state index in [1.54, 1.807) is 19.4 Å². The summed E-state index contributed by atoms with van der Waals surface area (Å²) in [5.74, 6) is -0.220. The summed E-state index contributed by atoms with van der Waals surface area (Å²) < 4.78 is 28.9. The van der Waals surface area contributed by atoms with Gasteiger partial charge in [0.25, 0.3) is 0 Å². The van der Waals surface area contributed by atoms with Gasteiger partial charge in [0, 0.05) is 77.5 Å². The van der Waals surface area contributed by atoms with Crippen LogP contribution in [0.4, 0.5) is 4.39 Å². The molecule has 54 heavy (non-hydrogen) atoms. The minimum absolute atomic E-state index is 0.00372. The largest absolute Gasteiger partial charge is 0.496 e. The van der Waals surface area contributed by atoms with Crippen molar-refractivity contribution in [2.24, 2.45) is 0 Å². The number of aromatic nitrogens is 2. The topological polar surface area (TPSA) is 118 Å². The Morgan fingerprint density at radius 3 is 2.52 bits per heavy atom.